The molecule has 0 aromatic carbocycles. The van der Waals surface area contributed by atoms with E-state index in [0.717, 1.165) is 38.7 Å². The van der Waals surface area contributed by atoms with Gasteiger partial charge in [0.05, 0.1) is 6.20 Å². The van der Waals surface area contributed by atoms with Gasteiger partial charge in [0.1, 0.15) is 5.69 Å². The largest absolute Gasteiger partial charge is 0.350 e. The highest BCUT2D eigenvalue weighted by Gasteiger charge is 2.20. The Hall–Kier alpha value is -1.99. The van der Waals surface area contributed by atoms with E-state index in [-0.39, 0.29) is 17.2 Å². The molecule has 122 valence electrons. The van der Waals surface area contributed by atoms with Gasteiger partial charge in [-0.1, -0.05) is 0 Å². The molecule has 2 N–H and O–H groups in total. The first-order chi connectivity index (χ1) is 11.2. The summed E-state index contributed by atoms with van der Waals surface area (Å²) in [6, 6.07) is 2.17. The van der Waals surface area contributed by atoms with Crippen LogP contribution in [0, 0.1) is 5.92 Å². The zero-order valence-corrected chi connectivity index (χ0v) is 13.6. The van der Waals surface area contributed by atoms with E-state index in [0.29, 0.717) is 12.5 Å². The van der Waals surface area contributed by atoms with Crippen molar-refractivity contribution in [1.29, 1.82) is 0 Å². The molecule has 0 bridgehead atoms. The van der Waals surface area contributed by atoms with Crippen molar-refractivity contribution in [2.75, 3.05) is 19.6 Å². The fourth-order valence-electron chi connectivity index (χ4n) is 2.78. The van der Waals surface area contributed by atoms with Crippen molar-refractivity contribution in [3.8, 4) is 0 Å². The van der Waals surface area contributed by atoms with Gasteiger partial charge in [-0.3, -0.25) is 14.5 Å². The molecule has 1 fully saturated rings. The lowest BCUT2D eigenvalue weighted by atomic mass is 9.96. The van der Waals surface area contributed by atoms with Crippen LogP contribution in [0.4, 0.5) is 0 Å². The number of hydrogen-bond acceptors (Lipinski definition) is 5. The molecule has 1 aliphatic rings. The minimum atomic E-state index is -0.306. The van der Waals surface area contributed by atoms with Gasteiger partial charge in [0.15, 0.2) is 0 Å². The summed E-state index contributed by atoms with van der Waals surface area (Å²) in [6.45, 7) is 3.80. The van der Waals surface area contributed by atoms with Gasteiger partial charge in [0, 0.05) is 19.3 Å². The predicted molar refractivity (Wildman–Crippen MR) is 89.5 cm³/mol. The first kappa shape index (κ1) is 15.9. The van der Waals surface area contributed by atoms with Crippen LogP contribution >= 0.6 is 11.3 Å². The molecule has 0 spiro atoms. The third kappa shape index (κ3) is 4.49. The molecule has 2 aromatic rings. The van der Waals surface area contributed by atoms with Gasteiger partial charge < -0.3 is 10.3 Å². The maximum absolute atomic E-state index is 12.0. The van der Waals surface area contributed by atoms with E-state index in [1.165, 1.54) is 11.8 Å². The average Bonchev–Trinajstić information content (AvgIpc) is 3.07. The number of amides is 1. The molecule has 0 atom stereocenters. The van der Waals surface area contributed by atoms with Crippen LogP contribution in [0.25, 0.3) is 0 Å². The van der Waals surface area contributed by atoms with Crippen molar-refractivity contribution in [3.05, 3.63) is 50.8 Å². The number of thiophene rings is 1. The topological polar surface area (TPSA) is 78.1 Å². The lowest BCUT2D eigenvalue weighted by Crippen LogP contribution is -2.38. The Kier molecular flexibility index (Phi) is 5.19. The zero-order chi connectivity index (χ0) is 16.1. The van der Waals surface area contributed by atoms with Crippen molar-refractivity contribution < 1.29 is 4.79 Å². The van der Waals surface area contributed by atoms with Gasteiger partial charge in [-0.05, 0) is 54.2 Å². The van der Waals surface area contributed by atoms with Gasteiger partial charge in [-0.2, -0.15) is 11.3 Å². The van der Waals surface area contributed by atoms with Gasteiger partial charge in [0.2, 0.25) is 0 Å². The number of aromatic nitrogens is 2. The zero-order valence-electron chi connectivity index (χ0n) is 12.8. The molecule has 1 aliphatic heterocycles. The minimum Gasteiger partial charge on any atom is -0.350 e. The van der Waals surface area contributed by atoms with E-state index in [1.54, 1.807) is 11.3 Å². The van der Waals surface area contributed by atoms with E-state index in [4.69, 9.17) is 0 Å². The first-order valence-corrected chi connectivity index (χ1v) is 8.71. The lowest BCUT2D eigenvalue weighted by molar-refractivity contribution is 0.0930. The standard InChI is InChI=1S/C16H20N4O2S/c21-15-9-17-14(8-18-15)16(22)19-7-12-1-4-20(5-2-12)10-13-3-6-23-11-13/h3,6,8-9,11-12H,1-2,4-5,7,10H2,(H,18,21)(H,19,22). The molecule has 1 amide bonds. The van der Waals surface area contributed by atoms with Crippen molar-refractivity contribution in [1.82, 2.24) is 20.2 Å². The molecule has 23 heavy (non-hydrogen) atoms. The molecule has 1 saturated heterocycles. The Bertz CT molecular complexity index is 670. The van der Waals surface area contributed by atoms with Crippen molar-refractivity contribution in [3.63, 3.8) is 0 Å². The summed E-state index contributed by atoms with van der Waals surface area (Å²) in [5, 5.41) is 7.22. The van der Waals surface area contributed by atoms with E-state index >= 15 is 0 Å². The second-order valence-electron chi connectivity index (χ2n) is 5.86. The molecule has 0 radical (unpaired) electrons. The highest BCUT2D eigenvalue weighted by molar-refractivity contribution is 7.07. The molecular weight excluding hydrogens is 312 g/mol. The maximum Gasteiger partial charge on any atom is 0.271 e. The monoisotopic (exact) mass is 332 g/mol. The van der Waals surface area contributed by atoms with E-state index in [2.05, 4.69) is 37.0 Å². The summed E-state index contributed by atoms with van der Waals surface area (Å²) in [6.07, 6.45) is 4.64. The number of nitrogens with zero attached hydrogens (tertiary/aromatic N) is 2. The quantitative estimate of drug-likeness (QED) is 0.869. The van der Waals surface area contributed by atoms with Crippen LogP contribution < -0.4 is 10.9 Å². The molecule has 3 heterocycles. The normalized spacial score (nSPS) is 16.3. The number of carbonyl (C=O) groups excluding carboxylic acids is 1. The number of H-pyrrole nitrogens is 1. The fourth-order valence-corrected chi connectivity index (χ4v) is 3.44. The lowest BCUT2D eigenvalue weighted by Gasteiger charge is -2.31. The van der Waals surface area contributed by atoms with Crippen LogP contribution in [-0.4, -0.2) is 40.4 Å². The SMILES string of the molecule is O=C(NCC1CCN(Cc2ccsc2)CC1)c1c[nH]c(=O)cn1. The Balaban J connectivity index is 1.41. The Labute approximate surface area is 138 Å². The van der Waals surface area contributed by atoms with E-state index in [1.807, 2.05) is 0 Å². The Morgan fingerprint density at radius 3 is 2.91 bits per heavy atom. The van der Waals surface area contributed by atoms with Gasteiger partial charge in [-0.15, -0.1) is 0 Å². The highest BCUT2D eigenvalue weighted by atomic mass is 32.1. The van der Waals surface area contributed by atoms with E-state index in [9.17, 15) is 9.59 Å². The summed E-state index contributed by atoms with van der Waals surface area (Å²) in [4.78, 5) is 31.7. The highest BCUT2D eigenvalue weighted by Crippen LogP contribution is 2.19. The molecule has 3 rings (SSSR count). The minimum absolute atomic E-state index is 0.234. The average molecular weight is 332 g/mol. The van der Waals surface area contributed by atoms with Crippen molar-refractivity contribution in [2.45, 2.75) is 19.4 Å². The number of likely N-dealkylation sites (tertiary alicyclic amines) is 1. The molecule has 2 aromatic heterocycles. The summed E-state index contributed by atoms with van der Waals surface area (Å²) < 4.78 is 0. The molecule has 0 aliphatic carbocycles. The fraction of sp³-hybridized carbons (Fsp3) is 0.438. The molecule has 7 heteroatoms. The van der Waals surface area contributed by atoms with Crippen molar-refractivity contribution >= 4 is 17.2 Å². The molecule has 0 saturated carbocycles. The van der Waals surface area contributed by atoms with Crippen LogP contribution in [0.3, 0.4) is 0 Å². The van der Waals surface area contributed by atoms with Gasteiger partial charge in [0.25, 0.3) is 11.5 Å². The maximum atomic E-state index is 12.0. The Morgan fingerprint density at radius 1 is 1.43 bits per heavy atom. The predicted octanol–water partition coefficient (Wildman–Crippen LogP) is 1.47. The van der Waals surface area contributed by atoms with Gasteiger partial charge in [-0.25, -0.2) is 4.98 Å². The summed E-state index contributed by atoms with van der Waals surface area (Å²) >= 11 is 1.74. The first-order valence-electron chi connectivity index (χ1n) is 7.77. The van der Waals surface area contributed by atoms with Crippen molar-refractivity contribution in [2.24, 2.45) is 5.92 Å². The van der Waals surface area contributed by atoms with Gasteiger partial charge >= 0.3 is 0 Å². The second-order valence-corrected chi connectivity index (χ2v) is 6.64. The summed E-state index contributed by atoms with van der Waals surface area (Å²) in [7, 11) is 0. The number of aromatic amines is 1. The molecular formula is C16H20N4O2S. The number of nitrogens with one attached hydrogen (secondary N) is 2. The number of hydrogen-bond donors (Lipinski definition) is 2. The number of carbonyl (C=O) groups is 1. The Morgan fingerprint density at radius 2 is 2.26 bits per heavy atom. The smallest absolute Gasteiger partial charge is 0.271 e. The summed E-state index contributed by atoms with van der Waals surface area (Å²) in [5.74, 6) is 0.266. The van der Waals surface area contributed by atoms with Crippen LogP contribution in [0.15, 0.2) is 34.0 Å². The number of piperidine rings is 1. The van der Waals surface area contributed by atoms with Crippen LogP contribution in [0.1, 0.15) is 28.9 Å². The third-order valence-electron chi connectivity index (χ3n) is 4.15. The second kappa shape index (κ2) is 7.52. The van der Waals surface area contributed by atoms with Crippen LogP contribution in [-0.2, 0) is 6.54 Å². The van der Waals surface area contributed by atoms with Crippen LogP contribution in [0.5, 0.6) is 0 Å². The number of rotatable bonds is 5. The molecule has 0 unspecified atom stereocenters. The molecule has 6 nitrogen and oxygen atoms in total. The van der Waals surface area contributed by atoms with Crippen LogP contribution in [0.2, 0.25) is 0 Å². The third-order valence-corrected chi connectivity index (χ3v) is 4.88. The van der Waals surface area contributed by atoms with E-state index < -0.39 is 0 Å². The summed E-state index contributed by atoms with van der Waals surface area (Å²) in [5.41, 5.74) is 1.32.